The molecule has 2 aromatic rings. The van der Waals surface area contributed by atoms with Crippen molar-refractivity contribution < 1.29 is 4.92 Å². The van der Waals surface area contributed by atoms with Crippen LogP contribution in [0.5, 0.6) is 0 Å². The van der Waals surface area contributed by atoms with E-state index in [9.17, 15) is 10.1 Å². The second-order valence-electron chi connectivity index (χ2n) is 3.13. The maximum absolute atomic E-state index is 10.4. The number of nitro groups is 1. The van der Waals surface area contributed by atoms with Gasteiger partial charge in [0.1, 0.15) is 0 Å². The van der Waals surface area contributed by atoms with Gasteiger partial charge in [0.2, 0.25) is 6.33 Å². The Morgan fingerprint density at radius 2 is 2.31 bits per heavy atom. The molecule has 0 saturated heterocycles. The molecule has 0 aliphatic heterocycles. The molecule has 0 aliphatic rings. The molecule has 0 spiro atoms. The average molecular weight is 283 g/mol. The summed E-state index contributed by atoms with van der Waals surface area (Å²) in [6.45, 7) is 0.459. The van der Waals surface area contributed by atoms with Gasteiger partial charge in [-0.15, -0.1) is 0 Å². The van der Waals surface area contributed by atoms with Crippen LogP contribution in [0, 0.1) is 10.1 Å². The zero-order chi connectivity index (χ0) is 11.5. The maximum Gasteiger partial charge on any atom is 0.490 e. The smallest absolute Gasteiger partial charge is 0.390 e. The van der Waals surface area contributed by atoms with Crippen LogP contribution in [-0.2, 0) is 6.54 Å². The van der Waals surface area contributed by atoms with E-state index in [0.29, 0.717) is 6.54 Å². The first-order chi connectivity index (χ1) is 7.65. The number of hydrogen-bond acceptors (Lipinski definition) is 4. The van der Waals surface area contributed by atoms with E-state index in [1.807, 2.05) is 24.3 Å². The van der Waals surface area contributed by atoms with Crippen molar-refractivity contribution in [1.29, 1.82) is 0 Å². The summed E-state index contributed by atoms with van der Waals surface area (Å²) in [4.78, 5) is 13.3. The second-order valence-corrected chi connectivity index (χ2v) is 4.04. The number of aromatic nitrogens is 3. The molecular formula is C9H7BrN4O2. The Balaban J connectivity index is 2.17. The van der Waals surface area contributed by atoms with E-state index >= 15 is 0 Å². The van der Waals surface area contributed by atoms with Crippen LogP contribution in [0.2, 0.25) is 0 Å². The molecule has 0 saturated carbocycles. The summed E-state index contributed by atoms with van der Waals surface area (Å²) in [6.07, 6.45) is 1.35. The lowest BCUT2D eigenvalue weighted by Crippen LogP contribution is -2.01. The molecule has 0 amide bonds. The summed E-state index contributed by atoms with van der Waals surface area (Å²) in [5.41, 5.74) is 0.995. The molecule has 2 rings (SSSR count). The van der Waals surface area contributed by atoms with Gasteiger partial charge in [-0.1, -0.05) is 33.0 Å². The quantitative estimate of drug-likeness (QED) is 0.637. The molecule has 1 aromatic heterocycles. The SMILES string of the molecule is O=[N+]([O-])c1ncn(Cc2cccc(Br)c2)n1. The molecule has 0 radical (unpaired) electrons. The predicted octanol–water partition coefficient (Wildman–Crippen LogP) is 2.00. The Labute approximate surface area is 99.2 Å². The Hall–Kier alpha value is -1.76. The van der Waals surface area contributed by atoms with Crippen molar-refractivity contribution in [1.82, 2.24) is 14.8 Å². The predicted molar refractivity (Wildman–Crippen MR) is 59.9 cm³/mol. The fourth-order valence-corrected chi connectivity index (χ4v) is 1.71. The highest BCUT2D eigenvalue weighted by atomic mass is 79.9. The molecule has 1 heterocycles. The molecule has 0 bridgehead atoms. The fraction of sp³-hybridized carbons (Fsp3) is 0.111. The van der Waals surface area contributed by atoms with Crippen LogP contribution < -0.4 is 0 Å². The summed E-state index contributed by atoms with van der Waals surface area (Å²) >= 11 is 3.35. The van der Waals surface area contributed by atoms with Gasteiger partial charge < -0.3 is 10.1 Å². The zero-order valence-electron chi connectivity index (χ0n) is 8.08. The van der Waals surface area contributed by atoms with Crippen molar-refractivity contribution in [2.45, 2.75) is 6.54 Å². The van der Waals surface area contributed by atoms with Crippen LogP contribution in [0.25, 0.3) is 0 Å². The molecule has 0 atom stereocenters. The summed E-state index contributed by atoms with van der Waals surface area (Å²) in [5, 5.41) is 14.1. The summed E-state index contributed by atoms with van der Waals surface area (Å²) in [5.74, 6) is -0.380. The van der Waals surface area contributed by atoms with Gasteiger partial charge in [0, 0.05) is 9.57 Å². The van der Waals surface area contributed by atoms with Gasteiger partial charge in [0.05, 0.1) is 6.54 Å². The van der Waals surface area contributed by atoms with Gasteiger partial charge >= 0.3 is 5.95 Å². The first-order valence-electron chi connectivity index (χ1n) is 4.43. The molecular weight excluding hydrogens is 276 g/mol. The molecule has 16 heavy (non-hydrogen) atoms. The third kappa shape index (κ3) is 2.43. The number of rotatable bonds is 3. The molecule has 6 nitrogen and oxygen atoms in total. The van der Waals surface area contributed by atoms with E-state index in [0.717, 1.165) is 10.0 Å². The van der Waals surface area contributed by atoms with Crippen molar-refractivity contribution in [2.24, 2.45) is 0 Å². The van der Waals surface area contributed by atoms with Gasteiger partial charge in [-0.05, 0) is 22.6 Å². The molecule has 0 aliphatic carbocycles. The Morgan fingerprint density at radius 3 is 2.94 bits per heavy atom. The van der Waals surface area contributed by atoms with Crippen LogP contribution in [0.4, 0.5) is 5.95 Å². The Bertz CT molecular complexity index is 526. The van der Waals surface area contributed by atoms with Gasteiger partial charge in [-0.2, -0.15) is 4.68 Å². The summed E-state index contributed by atoms with van der Waals surface area (Å²) < 4.78 is 2.39. The van der Waals surface area contributed by atoms with E-state index < -0.39 is 4.92 Å². The van der Waals surface area contributed by atoms with Crippen LogP contribution in [0.15, 0.2) is 35.1 Å². The lowest BCUT2D eigenvalue weighted by atomic mass is 10.2. The van der Waals surface area contributed by atoms with Crippen molar-refractivity contribution >= 4 is 21.9 Å². The van der Waals surface area contributed by atoms with Gasteiger partial charge in [-0.3, -0.25) is 0 Å². The molecule has 1 aromatic carbocycles. The van der Waals surface area contributed by atoms with Crippen LogP contribution in [0.3, 0.4) is 0 Å². The largest absolute Gasteiger partial charge is 0.490 e. The third-order valence-corrected chi connectivity index (χ3v) is 2.41. The van der Waals surface area contributed by atoms with E-state index in [1.54, 1.807) is 0 Å². The highest BCUT2D eigenvalue weighted by Crippen LogP contribution is 2.12. The molecule has 0 N–H and O–H groups in total. The third-order valence-electron chi connectivity index (χ3n) is 1.92. The summed E-state index contributed by atoms with van der Waals surface area (Å²) in [6, 6.07) is 7.64. The van der Waals surface area contributed by atoms with Crippen LogP contribution in [0.1, 0.15) is 5.56 Å². The Morgan fingerprint density at radius 1 is 1.50 bits per heavy atom. The normalized spacial score (nSPS) is 10.3. The first kappa shape index (κ1) is 10.7. The van der Waals surface area contributed by atoms with Crippen molar-refractivity contribution in [3.63, 3.8) is 0 Å². The monoisotopic (exact) mass is 282 g/mol. The van der Waals surface area contributed by atoms with Crippen LogP contribution in [-0.4, -0.2) is 19.7 Å². The minimum Gasteiger partial charge on any atom is -0.390 e. The minimum absolute atomic E-state index is 0.380. The van der Waals surface area contributed by atoms with Crippen molar-refractivity contribution in [2.75, 3.05) is 0 Å². The second kappa shape index (κ2) is 4.40. The topological polar surface area (TPSA) is 73.8 Å². The minimum atomic E-state index is -0.614. The van der Waals surface area contributed by atoms with Crippen molar-refractivity contribution in [3.05, 3.63) is 50.7 Å². The molecule has 82 valence electrons. The van der Waals surface area contributed by atoms with E-state index in [4.69, 9.17) is 0 Å². The lowest BCUT2D eigenvalue weighted by Gasteiger charge is -1.98. The van der Waals surface area contributed by atoms with Crippen molar-refractivity contribution in [3.8, 4) is 0 Å². The molecule has 0 fully saturated rings. The zero-order valence-corrected chi connectivity index (χ0v) is 9.66. The fourth-order valence-electron chi connectivity index (χ4n) is 1.27. The standard InChI is InChI=1S/C9H7BrN4O2/c10-8-3-1-2-7(4-8)5-13-6-11-9(12-13)14(15)16/h1-4,6H,5H2. The lowest BCUT2D eigenvalue weighted by molar-refractivity contribution is -0.394. The first-order valence-corrected chi connectivity index (χ1v) is 5.23. The van der Waals surface area contributed by atoms with E-state index in [1.165, 1.54) is 11.0 Å². The van der Waals surface area contributed by atoms with Gasteiger partial charge in [-0.25, -0.2) is 0 Å². The molecule has 7 heteroatoms. The number of hydrogen-bond donors (Lipinski definition) is 0. The van der Waals surface area contributed by atoms with Gasteiger partial charge in [0.25, 0.3) is 0 Å². The highest BCUT2D eigenvalue weighted by Gasteiger charge is 2.12. The maximum atomic E-state index is 10.4. The van der Waals surface area contributed by atoms with E-state index in [-0.39, 0.29) is 5.95 Å². The average Bonchev–Trinajstić information content (AvgIpc) is 2.66. The summed E-state index contributed by atoms with van der Waals surface area (Å²) in [7, 11) is 0. The highest BCUT2D eigenvalue weighted by molar-refractivity contribution is 9.10. The number of benzene rings is 1. The molecule has 0 unspecified atom stereocenters. The number of nitrogens with zero attached hydrogens (tertiary/aromatic N) is 4. The number of halogens is 1. The Kier molecular flexibility index (Phi) is 2.95. The van der Waals surface area contributed by atoms with E-state index in [2.05, 4.69) is 26.0 Å². The van der Waals surface area contributed by atoms with Crippen LogP contribution >= 0.6 is 15.9 Å². The van der Waals surface area contributed by atoms with Gasteiger partial charge in [0.15, 0.2) is 0 Å².